The van der Waals surface area contributed by atoms with Gasteiger partial charge in [-0.2, -0.15) is 5.26 Å². The summed E-state index contributed by atoms with van der Waals surface area (Å²) < 4.78 is 0. The minimum atomic E-state index is -0.713. The van der Waals surface area contributed by atoms with E-state index in [1.165, 1.54) is 22.3 Å². The fraction of sp³-hybridized carbons (Fsp3) is 0.385. The van der Waals surface area contributed by atoms with Gasteiger partial charge >= 0.3 is 0 Å². The Hall–Kier alpha value is -2.20. The molecule has 20 heavy (non-hydrogen) atoms. The van der Waals surface area contributed by atoms with E-state index >= 15 is 0 Å². The lowest BCUT2D eigenvalue weighted by Gasteiger charge is -2.26. The smallest absolute Gasteiger partial charge is 0.264 e. The summed E-state index contributed by atoms with van der Waals surface area (Å²) in [5, 5.41) is 12.6. The first-order chi connectivity index (χ1) is 9.60. The maximum atomic E-state index is 12.5. The molecule has 1 N–H and O–H groups in total. The zero-order valence-electron chi connectivity index (χ0n) is 10.5. The predicted molar refractivity (Wildman–Crippen MR) is 69.8 cm³/mol. The van der Waals surface area contributed by atoms with Crippen LogP contribution in [-0.4, -0.2) is 34.7 Å². The Morgan fingerprint density at radius 3 is 2.70 bits per heavy atom. The fourth-order valence-corrected chi connectivity index (χ4v) is 3.09. The minimum Gasteiger partial charge on any atom is -0.322 e. The molecular weight excluding hydrogens is 278 g/mol. The largest absolute Gasteiger partial charge is 0.322 e. The zero-order valence-corrected chi connectivity index (χ0v) is 11.3. The molecule has 0 bridgehead atoms. The number of thiophene rings is 1. The Bertz CT molecular complexity index is 642. The third-order valence-corrected chi connectivity index (χ3v) is 4.31. The predicted octanol–water partition coefficient (Wildman–Crippen LogP) is 0.639. The van der Waals surface area contributed by atoms with E-state index < -0.39 is 11.9 Å². The Labute approximate surface area is 119 Å². The van der Waals surface area contributed by atoms with Crippen LogP contribution < -0.4 is 5.32 Å². The maximum Gasteiger partial charge on any atom is 0.264 e. The van der Waals surface area contributed by atoms with E-state index in [1.807, 2.05) is 6.07 Å². The quantitative estimate of drug-likeness (QED) is 0.827. The number of imide groups is 1. The number of nitriles is 1. The van der Waals surface area contributed by atoms with Crippen molar-refractivity contribution in [2.75, 3.05) is 0 Å². The van der Waals surface area contributed by atoms with Crippen LogP contribution in [0.5, 0.6) is 0 Å². The molecule has 2 heterocycles. The van der Waals surface area contributed by atoms with Gasteiger partial charge in [0, 0.05) is 11.4 Å². The molecule has 1 aromatic heterocycles. The van der Waals surface area contributed by atoms with Gasteiger partial charge in [0.1, 0.15) is 12.1 Å². The van der Waals surface area contributed by atoms with Crippen LogP contribution >= 0.6 is 11.3 Å². The van der Waals surface area contributed by atoms with Gasteiger partial charge in [0.2, 0.25) is 11.8 Å². The molecular formula is C13H11N3O3S. The summed E-state index contributed by atoms with van der Waals surface area (Å²) in [6.07, 6.45) is 1.72. The molecule has 3 amide bonds. The molecule has 1 saturated carbocycles. The molecule has 2 aliphatic rings. The van der Waals surface area contributed by atoms with E-state index in [0.717, 1.165) is 12.8 Å². The molecule has 1 aliphatic carbocycles. The highest BCUT2D eigenvalue weighted by atomic mass is 32.1. The first kappa shape index (κ1) is 12.8. The third kappa shape index (κ3) is 2.18. The van der Waals surface area contributed by atoms with Gasteiger partial charge in [-0.3, -0.25) is 19.7 Å². The highest BCUT2D eigenvalue weighted by molar-refractivity contribution is 7.12. The van der Waals surface area contributed by atoms with Crippen LogP contribution in [-0.2, 0) is 9.59 Å². The lowest BCUT2D eigenvalue weighted by molar-refractivity contribution is -0.126. The molecule has 6 nitrogen and oxygen atoms in total. The van der Waals surface area contributed by atoms with Crippen LogP contribution in [0, 0.1) is 11.3 Å². The van der Waals surface area contributed by atoms with Crippen LogP contribution in [0.25, 0.3) is 0 Å². The average Bonchev–Trinajstić information content (AvgIpc) is 3.02. The van der Waals surface area contributed by atoms with E-state index in [4.69, 9.17) is 5.26 Å². The van der Waals surface area contributed by atoms with Crippen molar-refractivity contribution in [1.82, 2.24) is 10.2 Å². The molecule has 1 aliphatic heterocycles. The lowest BCUT2D eigenvalue weighted by atomic mass is 10.2. The molecule has 0 spiro atoms. The van der Waals surface area contributed by atoms with E-state index in [1.54, 1.807) is 5.38 Å². The second kappa shape index (κ2) is 4.72. The molecule has 7 heteroatoms. The van der Waals surface area contributed by atoms with Crippen LogP contribution in [0.1, 0.15) is 34.5 Å². The molecule has 3 rings (SSSR count). The summed E-state index contributed by atoms with van der Waals surface area (Å²) in [5.74, 6) is -1.02. The number of carbonyl (C=O) groups is 3. The molecule has 1 saturated heterocycles. The monoisotopic (exact) mass is 289 g/mol. The molecule has 1 atom stereocenters. The lowest BCUT2D eigenvalue weighted by Crippen LogP contribution is -2.45. The third-order valence-electron chi connectivity index (χ3n) is 3.39. The van der Waals surface area contributed by atoms with Gasteiger partial charge in [0.25, 0.3) is 5.91 Å². The summed E-state index contributed by atoms with van der Waals surface area (Å²) in [6, 6.07) is 2.81. The standard InChI is InChI=1S/C13H11N3O3S/c14-5-7-3-10(20-6-7)13(19)16(8-1-2-8)9-4-11(17)15-12(9)18/h3,6,8-9H,1-2,4H2,(H,15,17,18). The highest BCUT2D eigenvalue weighted by Gasteiger charge is 2.45. The van der Waals surface area contributed by atoms with E-state index in [2.05, 4.69) is 5.32 Å². The van der Waals surface area contributed by atoms with Gasteiger partial charge < -0.3 is 4.90 Å². The Kier molecular flexibility index (Phi) is 3.03. The highest BCUT2D eigenvalue weighted by Crippen LogP contribution is 2.33. The number of nitrogens with zero attached hydrogens (tertiary/aromatic N) is 2. The number of rotatable bonds is 3. The average molecular weight is 289 g/mol. The molecule has 1 aromatic rings. The van der Waals surface area contributed by atoms with Crippen molar-refractivity contribution >= 4 is 29.1 Å². The number of hydrogen-bond acceptors (Lipinski definition) is 5. The number of hydrogen-bond donors (Lipinski definition) is 1. The first-order valence-corrected chi connectivity index (χ1v) is 7.13. The Morgan fingerprint density at radius 2 is 2.20 bits per heavy atom. The molecule has 0 aromatic carbocycles. The molecule has 1 unspecified atom stereocenters. The molecule has 102 valence electrons. The van der Waals surface area contributed by atoms with Gasteiger partial charge in [0.05, 0.1) is 16.9 Å². The fourth-order valence-electron chi connectivity index (χ4n) is 2.31. The van der Waals surface area contributed by atoms with Crippen molar-refractivity contribution in [1.29, 1.82) is 5.26 Å². The number of nitrogens with one attached hydrogen (secondary N) is 1. The van der Waals surface area contributed by atoms with Crippen molar-refractivity contribution in [2.24, 2.45) is 0 Å². The zero-order chi connectivity index (χ0) is 14.3. The van der Waals surface area contributed by atoms with E-state index in [-0.39, 0.29) is 24.3 Å². The number of amides is 3. The molecule has 2 fully saturated rings. The summed E-state index contributed by atoms with van der Waals surface area (Å²) >= 11 is 1.19. The normalized spacial score (nSPS) is 21.4. The van der Waals surface area contributed by atoms with E-state index in [9.17, 15) is 14.4 Å². The minimum absolute atomic E-state index is 0.0248. The van der Waals surface area contributed by atoms with Crippen LogP contribution in [0.3, 0.4) is 0 Å². The molecule has 0 radical (unpaired) electrons. The van der Waals surface area contributed by atoms with Gasteiger partial charge in [-0.1, -0.05) is 0 Å². The summed E-state index contributed by atoms with van der Waals surface area (Å²) in [6.45, 7) is 0. The first-order valence-electron chi connectivity index (χ1n) is 6.25. The Balaban J connectivity index is 1.87. The van der Waals surface area contributed by atoms with Gasteiger partial charge in [-0.25, -0.2) is 0 Å². The van der Waals surface area contributed by atoms with Crippen molar-refractivity contribution in [3.8, 4) is 6.07 Å². The Morgan fingerprint density at radius 1 is 1.45 bits per heavy atom. The van der Waals surface area contributed by atoms with Gasteiger partial charge in [0.15, 0.2) is 0 Å². The summed E-state index contributed by atoms with van der Waals surface area (Å²) in [4.78, 5) is 37.6. The van der Waals surface area contributed by atoms with Crippen LogP contribution in [0.15, 0.2) is 11.4 Å². The topological polar surface area (TPSA) is 90.3 Å². The second-order valence-electron chi connectivity index (χ2n) is 4.89. The van der Waals surface area contributed by atoms with Gasteiger partial charge in [-0.05, 0) is 18.9 Å². The van der Waals surface area contributed by atoms with E-state index in [0.29, 0.717) is 10.4 Å². The van der Waals surface area contributed by atoms with Crippen LogP contribution in [0.2, 0.25) is 0 Å². The van der Waals surface area contributed by atoms with Crippen LogP contribution in [0.4, 0.5) is 0 Å². The maximum absolute atomic E-state index is 12.5. The SMILES string of the molecule is N#Cc1csc(C(=O)N(C2CC2)C2CC(=O)NC2=O)c1. The van der Waals surface area contributed by atoms with Crippen molar-refractivity contribution < 1.29 is 14.4 Å². The summed E-state index contributed by atoms with van der Waals surface area (Å²) in [5.41, 5.74) is 0.432. The number of carbonyl (C=O) groups excluding carboxylic acids is 3. The van der Waals surface area contributed by atoms with Crippen molar-refractivity contribution in [3.05, 3.63) is 21.9 Å². The second-order valence-corrected chi connectivity index (χ2v) is 5.80. The summed E-state index contributed by atoms with van der Waals surface area (Å²) in [7, 11) is 0. The van der Waals surface area contributed by atoms with Gasteiger partial charge in [-0.15, -0.1) is 11.3 Å². The van der Waals surface area contributed by atoms with Crippen molar-refractivity contribution in [3.63, 3.8) is 0 Å². The van der Waals surface area contributed by atoms with Crippen molar-refractivity contribution in [2.45, 2.75) is 31.3 Å².